The summed E-state index contributed by atoms with van der Waals surface area (Å²) in [7, 11) is 0. The van der Waals surface area contributed by atoms with Gasteiger partial charge in [-0.1, -0.05) is 57.1 Å². The molecule has 0 saturated heterocycles. The van der Waals surface area contributed by atoms with Gasteiger partial charge >= 0.3 is 0 Å². The normalized spacial score (nSPS) is 25.9. The van der Waals surface area contributed by atoms with Crippen LogP contribution in [-0.4, -0.2) is 17.0 Å². The SMILES string of the molecule is O=C1CCCCCCCCC=CCCCCCCC1O. The van der Waals surface area contributed by atoms with E-state index in [1.807, 2.05) is 0 Å². The van der Waals surface area contributed by atoms with Gasteiger partial charge in [0.2, 0.25) is 0 Å². The molecule has 0 bridgehead atoms. The Labute approximate surface area is 124 Å². The highest BCUT2D eigenvalue weighted by Crippen LogP contribution is 2.13. The standard InChI is InChI=1S/C18H32O2/c19-17-15-13-11-9-7-5-3-1-2-4-6-8-10-12-14-16-18(17)20/h1,3,17,19H,2,4-16H2. The van der Waals surface area contributed by atoms with Gasteiger partial charge in [0, 0.05) is 6.42 Å². The number of aliphatic hydroxyl groups is 1. The molecule has 0 amide bonds. The smallest absolute Gasteiger partial charge is 0.161 e. The van der Waals surface area contributed by atoms with E-state index < -0.39 is 6.10 Å². The third kappa shape index (κ3) is 9.30. The van der Waals surface area contributed by atoms with Crippen molar-refractivity contribution in [1.29, 1.82) is 0 Å². The molecule has 0 aromatic carbocycles. The van der Waals surface area contributed by atoms with E-state index in [0.29, 0.717) is 12.8 Å². The van der Waals surface area contributed by atoms with Gasteiger partial charge in [0.25, 0.3) is 0 Å². The third-order valence-corrected chi connectivity index (χ3v) is 4.18. The zero-order valence-corrected chi connectivity index (χ0v) is 13.0. The van der Waals surface area contributed by atoms with E-state index in [4.69, 9.17) is 0 Å². The molecular weight excluding hydrogens is 248 g/mol. The number of carbonyl (C=O) groups is 1. The number of carbonyl (C=O) groups excluding carboxylic acids is 1. The number of aliphatic hydroxyl groups excluding tert-OH is 1. The van der Waals surface area contributed by atoms with E-state index in [2.05, 4.69) is 12.2 Å². The van der Waals surface area contributed by atoms with Crippen molar-refractivity contribution in [2.24, 2.45) is 0 Å². The summed E-state index contributed by atoms with van der Waals surface area (Å²) in [5.41, 5.74) is 0. The Balaban J connectivity index is 2.25. The van der Waals surface area contributed by atoms with Crippen molar-refractivity contribution < 1.29 is 9.90 Å². The van der Waals surface area contributed by atoms with Crippen LogP contribution in [0.15, 0.2) is 12.2 Å². The van der Waals surface area contributed by atoms with Gasteiger partial charge < -0.3 is 5.11 Å². The molecular formula is C18H32O2. The van der Waals surface area contributed by atoms with Gasteiger partial charge in [0.05, 0.1) is 0 Å². The van der Waals surface area contributed by atoms with Crippen molar-refractivity contribution in [3.8, 4) is 0 Å². The number of rotatable bonds is 0. The summed E-state index contributed by atoms with van der Waals surface area (Å²) < 4.78 is 0. The summed E-state index contributed by atoms with van der Waals surface area (Å²) in [6.07, 6.45) is 19.4. The predicted molar refractivity (Wildman–Crippen MR) is 84.8 cm³/mol. The first-order valence-corrected chi connectivity index (χ1v) is 8.66. The maximum atomic E-state index is 11.7. The minimum Gasteiger partial charge on any atom is -0.385 e. The average Bonchev–Trinajstić information content (AvgIpc) is 2.45. The van der Waals surface area contributed by atoms with E-state index in [1.165, 1.54) is 51.4 Å². The maximum absolute atomic E-state index is 11.7. The quantitative estimate of drug-likeness (QED) is 0.638. The number of Topliss-reactive ketones (excluding diaryl/α,β-unsaturated/α-hetero) is 1. The Morgan fingerprint density at radius 1 is 0.750 bits per heavy atom. The third-order valence-electron chi connectivity index (χ3n) is 4.18. The van der Waals surface area contributed by atoms with E-state index in [-0.39, 0.29) is 5.78 Å². The van der Waals surface area contributed by atoms with Crippen molar-refractivity contribution in [1.82, 2.24) is 0 Å². The molecule has 1 rings (SSSR count). The first-order chi connectivity index (χ1) is 9.80. The van der Waals surface area contributed by atoms with Crippen molar-refractivity contribution in [2.45, 2.75) is 96.0 Å². The molecule has 0 aliphatic heterocycles. The van der Waals surface area contributed by atoms with Crippen molar-refractivity contribution in [3.05, 3.63) is 12.2 Å². The van der Waals surface area contributed by atoms with E-state index in [9.17, 15) is 9.90 Å². The molecule has 0 aromatic heterocycles. The first kappa shape index (κ1) is 17.4. The Bertz CT molecular complexity index is 271. The summed E-state index contributed by atoms with van der Waals surface area (Å²) >= 11 is 0. The van der Waals surface area contributed by atoms with Crippen LogP contribution in [0.4, 0.5) is 0 Å². The van der Waals surface area contributed by atoms with Gasteiger partial charge in [-0.15, -0.1) is 0 Å². The predicted octanol–water partition coefficient (Wildman–Crippen LogP) is 4.95. The molecule has 0 heterocycles. The molecule has 1 unspecified atom stereocenters. The Morgan fingerprint density at radius 2 is 1.25 bits per heavy atom. The average molecular weight is 280 g/mol. The minimum atomic E-state index is -0.700. The van der Waals surface area contributed by atoms with Crippen LogP contribution in [0.5, 0.6) is 0 Å². The second kappa shape index (κ2) is 12.1. The minimum absolute atomic E-state index is 0.0639. The molecule has 0 saturated carbocycles. The van der Waals surface area contributed by atoms with Crippen molar-refractivity contribution in [3.63, 3.8) is 0 Å². The number of ketones is 1. The molecule has 1 aliphatic rings. The van der Waals surface area contributed by atoms with Crippen LogP contribution in [0, 0.1) is 0 Å². The van der Waals surface area contributed by atoms with Crippen molar-refractivity contribution >= 4 is 5.78 Å². The second-order valence-electron chi connectivity index (χ2n) is 6.11. The van der Waals surface area contributed by atoms with Gasteiger partial charge in [-0.25, -0.2) is 0 Å². The Morgan fingerprint density at radius 3 is 1.90 bits per heavy atom. The second-order valence-corrected chi connectivity index (χ2v) is 6.11. The zero-order valence-electron chi connectivity index (χ0n) is 13.0. The summed E-state index contributed by atoms with van der Waals surface area (Å²) in [6.45, 7) is 0. The number of hydrogen-bond donors (Lipinski definition) is 1. The molecule has 0 radical (unpaired) electrons. The monoisotopic (exact) mass is 280 g/mol. The lowest BCUT2D eigenvalue weighted by atomic mass is 10.0. The topological polar surface area (TPSA) is 37.3 Å². The fourth-order valence-electron chi connectivity index (χ4n) is 2.79. The van der Waals surface area contributed by atoms with E-state index in [1.54, 1.807) is 0 Å². The number of hydrogen-bond acceptors (Lipinski definition) is 2. The van der Waals surface area contributed by atoms with Gasteiger partial charge in [0.1, 0.15) is 6.10 Å². The summed E-state index contributed by atoms with van der Waals surface area (Å²) in [4.78, 5) is 11.7. The van der Waals surface area contributed by atoms with Crippen LogP contribution in [0.3, 0.4) is 0 Å². The highest BCUT2D eigenvalue weighted by Gasteiger charge is 2.13. The first-order valence-electron chi connectivity index (χ1n) is 8.66. The lowest BCUT2D eigenvalue weighted by Gasteiger charge is -2.09. The molecule has 0 aromatic rings. The van der Waals surface area contributed by atoms with Gasteiger partial charge in [-0.3, -0.25) is 4.79 Å². The zero-order chi connectivity index (χ0) is 14.5. The van der Waals surface area contributed by atoms with Gasteiger partial charge in [-0.05, 0) is 38.5 Å². The highest BCUT2D eigenvalue weighted by molar-refractivity contribution is 5.82. The van der Waals surface area contributed by atoms with Gasteiger partial charge in [0.15, 0.2) is 5.78 Å². The fourth-order valence-corrected chi connectivity index (χ4v) is 2.79. The van der Waals surface area contributed by atoms with Gasteiger partial charge in [-0.2, -0.15) is 0 Å². The lowest BCUT2D eigenvalue weighted by molar-refractivity contribution is -0.127. The highest BCUT2D eigenvalue weighted by atomic mass is 16.3. The van der Waals surface area contributed by atoms with E-state index in [0.717, 1.165) is 25.7 Å². The lowest BCUT2D eigenvalue weighted by Crippen LogP contribution is -2.19. The molecule has 2 nitrogen and oxygen atoms in total. The Kier molecular flexibility index (Phi) is 10.6. The maximum Gasteiger partial charge on any atom is 0.161 e. The number of allylic oxidation sites excluding steroid dienone is 2. The van der Waals surface area contributed by atoms with Crippen molar-refractivity contribution in [2.75, 3.05) is 0 Å². The molecule has 1 N–H and O–H groups in total. The molecule has 20 heavy (non-hydrogen) atoms. The molecule has 1 atom stereocenters. The van der Waals surface area contributed by atoms with Crippen LogP contribution in [0.25, 0.3) is 0 Å². The van der Waals surface area contributed by atoms with Crippen LogP contribution < -0.4 is 0 Å². The fraction of sp³-hybridized carbons (Fsp3) is 0.833. The summed E-state index contributed by atoms with van der Waals surface area (Å²) in [6, 6.07) is 0. The van der Waals surface area contributed by atoms with Crippen LogP contribution in [0.2, 0.25) is 0 Å². The van der Waals surface area contributed by atoms with Crippen LogP contribution in [-0.2, 0) is 4.79 Å². The Hall–Kier alpha value is -0.630. The molecule has 0 fully saturated rings. The molecule has 0 spiro atoms. The van der Waals surface area contributed by atoms with Crippen LogP contribution >= 0.6 is 0 Å². The van der Waals surface area contributed by atoms with E-state index >= 15 is 0 Å². The largest absolute Gasteiger partial charge is 0.385 e. The van der Waals surface area contributed by atoms with Crippen LogP contribution in [0.1, 0.15) is 89.9 Å². The molecule has 2 heteroatoms. The summed E-state index contributed by atoms with van der Waals surface area (Å²) in [5.74, 6) is 0.0639. The summed E-state index contributed by atoms with van der Waals surface area (Å²) in [5, 5.41) is 9.81. The molecule has 116 valence electrons. The molecule has 1 aliphatic carbocycles.